The first-order valence-electron chi connectivity index (χ1n) is 13.7. The minimum atomic E-state index is -1.03. The molecule has 0 aromatic heterocycles. The van der Waals surface area contributed by atoms with E-state index in [0.29, 0.717) is 13.2 Å². The van der Waals surface area contributed by atoms with E-state index in [4.69, 9.17) is 18.9 Å². The Morgan fingerprint density at radius 3 is 1.86 bits per heavy atom. The average Bonchev–Trinajstić information content (AvgIpc) is 2.82. The molecule has 2 unspecified atom stereocenters. The molecule has 0 aliphatic carbocycles. The molecule has 0 rings (SSSR count). The van der Waals surface area contributed by atoms with Crippen LogP contribution in [0.4, 0.5) is 0 Å². The third kappa shape index (κ3) is 17.4. The Kier molecular flexibility index (Phi) is 19.6. The summed E-state index contributed by atoms with van der Waals surface area (Å²) < 4.78 is 21.7. The normalized spacial score (nSPS) is 13.8. The molecule has 0 bridgehead atoms. The highest BCUT2D eigenvalue weighted by molar-refractivity contribution is 5.77. The summed E-state index contributed by atoms with van der Waals surface area (Å²) >= 11 is 0. The molecule has 0 radical (unpaired) electrons. The van der Waals surface area contributed by atoms with Gasteiger partial charge in [-0.3, -0.25) is 14.4 Å². The van der Waals surface area contributed by atoms with Crippen molar-refractivity contribution in [1.29, 1.82) is 0 Å². The van der Waals surface area contributed by atoms with Crippen molar-refractivity contribution >= 4 is 17.9 Å². The number of unbranched alkanes of at least 4 members (excludes halogenated alkanes) is 7. The van der Waals surface area contributed by atoms with Crippen LogP contribution in [-0.4, -0.2) is 50.4 Å². The molecular weight excluding hydrogens is 448 g/mol. The van der Waals surface area contributed by atoms with E-state index in [9.17, 15) is 14.4 Å². The van der Waals surface area contributed by atoms with Crippen molar-refractivity contribution in [3.8, 4) is 0 Å². The summed E-state index contributed by atoms with van der Waals surface area (Å²) in [4.78, 5) is 36.3. The van der Waals surface area contributed by atoms with Gasteiger partial charge in [-0.25, -0.2) is 0 Å². The summed E-state index contributed by atoms with van der Waals surface area (Å²) in [6.07, 6.45) is 12.0. The van der Waals surface area contributed by atoms with Crippen LogP contribution in [0.3, 0.4) is 0 Å². The van der Waals surface area contributed by atoms with Crippen molar-refractivity contribution in [3.63, 3.8) is 0 Å². The highest BCUT2D eigenvalue weighted by Gasteiger charge is 2.37. The van der Waals surface area contributed by atoms with E-state index in [1.54, 1.807) is 6.92 Å². The third-order valence-corrected chi connectivity index (χ3v) is 5.98. The molecule has 35 heavy (non-hydrogen) atoms. The minimum Gasteiger partial charge on any atom is -0.465 e. The van der Waals surface area contributed by atoms with Gasteiger partial charge in [-0.15, -0.1) is 0 Å². The molecule has 0 saturated heterocycles. The number of hydrogen-bond acceptors (Lipinski definition) is 7. The maximum absolute atomic E-state index is 12.6. The molecule has 0 saturated carbocycles. The van der Waals surface area contributed by atoms with E-state index in [2.05, 4.69) is 13.8 Å². The smallest absolute Gasteiger partial charge is 0.317 e. The van der Waals surface area contributed by atoms with Crippen LogP contribution in [0.15, 0.2) is 0 Å². The van der Waals surface area contributed by atoms with Gasteiger partial charge in [-0.2, -0.15) is 0 Å². The molecule has 206 valence electrons. The summed E-state index contributed by atoms with van der Waals surface area (Å²) in [5.74, 6) is -0.875. The number of esters is 3. The summed E-state index contributed by atoms with van der Waals surface area (Å²) in [7, 11) is 0. The lowest BCUT2D eigenvalue weighted by molar-refractivity contribution is -0.168. The van der Waals surface area contributed by atoms with Crippen LogP contribution in [0.25, 0.3) is 0 Å². The van der Waals surface area contributed by atoms with Gasteiger partial charge in [0.1, 0.15) is 12.0 Å². The van der Waals surface area contributed by atoms with Crippen LogP contribution in [-0.2, 0) is 33.3 Å². The molecule has 0 aromatic carbocycles. The molecule has 0 heterocycles. The predicted octanol–water partition coefficient (Wildman–Crippen LogP) is 6.40. The molecule has 7 nitrogen and oxygen atoms in total. The fourth-order valence-corrected chi connectivity index (χ4v) is 3.61. The number of carbonyl (C=O) groups excluding carboxylic acids is 3. The standard InChI is InChI=1S/C28H52O7/c1-7-9-11-14-18-25(17-10-8-2)26(30)32-19-15-12-13-16-20-33-27(31)28(6,21-34-23(3)4)22-35-24(5)29/h23,25H,7-22H2,1-6H3. The van der Waals surface area contributed by atoms with E-state index >= 15 is 0 Å². The van der Waals surface area contributed by atoms with Gasteiger partial charge < -0.3 is 18.9 Å². The first kappa shape index (κ1) is 33.4. The highest BCUT2D eigenvalue weighted by atomic mass is 16.6. The van der Waals surface area contributed by atoms with E-state index in [-0.39, 0.29) is 31.2 Å². The van der Waals surface area contributed by atoms with Crippen LogP contribution in [0.5, 0.6) is 0 Å². The molecule has 0 fully saturated rings. The summed E-state index contributed by atoms with van der Waals surface area (Å²) in [6.45, 7) is 11.9. The predicted molar refractivity (Wildman–Crippen MR) is 138 cm³/mol. The topological polar surface area (TPSA) is 88.1 Å². The second kappa shape index (κ2) is 20.6. The van der Waals surface area contributed by atoms with E-state index in [0.717, 1.165) is 57.8 Å². The fraction of sp³-hybridized carbons (Fsp3) is 0.893. The van der Waals surface area contributed by atoms with E-state index < -0.39 is 17.4 Å². The van der Waals surface area contributed by atoms with Crippen molar-refractivity contribution in [2.45, 2.75) is 125 Å². The lowest BCUT2D eigenvalue weighted by Crippen LogP contribution is -2.40. The van der Waals surface area contributed by atoms with Gasteiger partial charge in [-0.1, -0.05) is 52.4 Å². The number of hydrogen-bond donors (Lipinski definition) is 0. The number of carbonyl (C=O) groups is 3. The highest BCUT2D eigenvalue weighted by Crippen LogP contribution is 2.22. The SMILES string of the molecule is CCCCCCC(CCCC)C(=O)OCCCCCCOC(=O)C(C)(COC(C)=O)COC(C)C. The molecule has 2 atom stereocenters. The lowest BCUT2D eigenvalue weighted by Gasteiger charge is -2.27. The molecule has 0 spiro atoms. The molecule has 0 aromatic rings. The van der Waals surface area contributed by atoms with E-state index in [1.807, 2.05) is 13.8 Å². The molecule has 0 N–H and O–H groups in total. The minimum absolute atomic E-state index is 0.0344. The van der Waals surface area contributed by atoms with Gasteiger partial charge in [0, 0.05) is 6.92 Å². The van der Waals surface area contributed by atoms with Gasteiger partial charge in [0.25, 0.3) is 0 Å². The van der Waals surface area contributed by atoms with Gasteiger partial charge >= 0.3 is 17.9 Å². The first-order chi connectivity index (χ1) is 16.7. The Morgan fingerprint density at radius 2 is 1.29 bits per heavy atom. The van der Waals surface area contributed by atoms with Crippen LogP contribution < -0.4 is 0 Å². The Balaban J connectivity index is 4.19. The van der Waals surface area contributed by atoms with Gasteiger partial charge in [0.05, 0.1) is 31.8 Å². The van der Waals surface area contributed by atoms with Crippen LogP contribution in [0.2, 0.25) is 0 Å². The first-order valence-corrected chi connectivity index (χ1v) is 13.7. The molecule has 7 heteroatoms. The summed E-state index contributed by atoms with van der Waals surface area (Å²) in [5, 5.41) is 0. The summed E-state index contributed by atoms with van der Waals surface area (Å²) in [6, 6.07) is 0. The zero-order valence-corrected chi connectivity index (χ0v) is 23.3. The number of ether oxygens (including phenoxy) is 4. The van der Waals surface area contributed by atoms with Crippen molar-refractivity contribution in [1.82, 2.24) is 0 Å². The molecule has 0 aliphatic rings. The molecule has 0 amide bonds. The Labute approximate surface area is 214 Å². The number of rotatable bonds is 22. The van der Waals surface area contributed by atoms with Gasteiger partial charge in [-0.05, 0) is 59.3 Å². The average molecular weight is 501 g/mol. The van der Waals surface area contributed by atoms with Gasteiger partial charge in [0.15, 0.2) is 0 Å². The fourth-order valence-electron chi connectivity index (χ4n) is 3.61. The maximum Gasteiger partial charge on any atom is 0.317 e. The second-order valence-electron chi connectivity index (χ2n) is 10.1. The van der Waals surface area contributed by atoms with Gasteiger partial charge in [0.2, 0.25) is 0 Å². The van der Waals surface area contributed by atoms with Crippen molar-refractivity contribution < 1.29 is 33.3 Å². The Hall–Kier alpha value is -1.63. The maximum atomic E-state index is 12.6. The Morgan fingerprint density at radius 1 is 0.714 bits per heavy atom. The van der Waals surface area contributed by atoms with Crippen molar-refractivity contribution in [3.05, 3.63) is 0 Å². The van der Waals surface area contributed by atoms with Crippen LogP contribution in [0, 0.1) is 11.3 Å². The zero-order valence-electron chi connectivity index (χ0n) is 23.3. The monoisotopic (exact) mass is 500 g/mol. The Bertz CT molecular complexity index is 576. The largest absolute Gasteiger partial charge is 0.465 e. The van der Waals surface area contributed by atoms with E-state index in [1.165, 1.54) is 26.2 Å². The molecule has 0 aliphatic heterocycles. The van der Waals surface area contributed by atoms with Crippen LogP contribution >= 0.6 is 0 Å². The van der Waals surface area contributed by atoms with Crippen molar-refractivity contribution in [2.24, 2.45) is 11.3 Å². The van der Waals surface area contributed by atoms with Crippen LogP contribution in [0.1, 0.15) is 119 Å². The summed E-state index contributed by atoms with van der Waals surface area (Å²) in [5.41, 5.74) is -1.03. The zero-order chi connectivity index (χ0) is 26.5. The lowest BCUT2D eigenvalue weighted by atomic mass is 9.93. The van der Waals surface area contributed by atoms with Crippen molar-refractivity contribution in [2.75, 3.05) is 26.4 Å². The second-order valence-corrected chi connectivity index (χ2v) is 10.1. The quantitative estimate of drug-likeness (QED) is 0.0964. The third-order valence-electron chi connectivity index (χ3n) is 5.98. The molecular formula is C28H52O7.